The Kier molecular flexibility index (Phi) is 4.75. The molecule has 0 radical (unpaired) electrons. The molecule has 1 saturated heterocycles. The summed E-state index contributed by atoms with van der Waals surface area (Å²) in [5, 5.41) is 0. The molecule has 0 aromatic rings. The predicted molar refractivity (Wildman–Crippen MR) is 66.2 cm³/mol. The Morgan fingerprint density at radius 3 is 2.50 bits per heavy atom. The lowest BCUT2D eigenvalue weighted by atomic mass is 10.2. The van der Waals surface area contributed by atoms with E-state index in [0.29, 0.717) is 6.61 Å². The summed E-state index contributed by atoms with van der Waals surface area (Å²) in [6.07, 6.45) is -0.360. The molecule has 0 aliphatic carbocycles. The first kappa shape index (κ1) is 15.4. The normalized spacial score (nSPS) is 24.9. The number of carbonyl (C=O) groups is 1. The monoisotopic (exact) mass is 260 g/mol. The lowest BCUT2D eigenvalue weighted by molar-refractivity contribution is -0.170. The van der Waals surface area contributed by atoms with Crippen molar-refractivity contribution in [3.05, 3.63) is 0 Å². The van der Waals surface area contributed by atoms with E-state index >= 15 is 0 Å². The van der Waals surface area contributed by atoms with E-state index in [9.17, 15) is 4.79 Å². The lowest BCUT2D eigenvalue weighted by Crippen LogP contribution is -2.34. The maximum absolute atomic E-state index is 11.5. The summed E-state index contributed by atoms with van der Waals surface area (Å²) in [5.74, 6) is -0.943. The Balaban J connectivity index is 2.29. The van der Waals surface area contributed by atoms with Gasteiger partial charge in [0.05, 0.1) is 12.7 Å². The lowest BCUT2D eigenvalue weighted by Gasteiger charge is -2.23. The second-order valence-corrected chi connectivity index (χ2v) is 5.97. The highest BCUT2D eigenvalue weighted by molar-refractivity contribution is 5.71. The molecule has 1 rings (SSSR count). The summed E-state index contributed by atoms with van der Waals surface area (Å²) in [4.78, 5) is 11.5. The molecule has 1 heterocycles. The topological polar surface area (TPSA) is 54.0 Å². The molecule has 1 aliphatic heterocycles. The third kappa shape index (κ3) is 5.33. The van der Waals surface area contributed by atoms with Crippen LogP contribution in [0.4, 0.5) is 0 Å². The molecule has 1 aliphatic rings. The molecule has 0 bridgehead atoms. The zero-order valence-corrected chi connectivity index (χ0v) is 12.1. The number of hydrogen-bond donors (Lipinski definition) is 0. The molecule has 0 saturated carbocycles. The largest absolute Gasteiger partial charge is 0.458 e. The van der Waals surface area contributed by atoms with Crippen molar-refractivity contribution in [1.29, 1.82) is 0 Å². The molecule has 0 unspecified atom stereocenters. The van der Waals surface area contributed by atoms with Crippen molar-refractivity contribution < 1.29 is 23.7 Å². The van der Waals surface area contributed by atoms with Gasteiger partial charge in [-0.05, 0) is 41.5 Å². The Morgan fingerprint density at radius 2 is 2.06 bits per heavy atom. The van der Waals surface area contributed by atoms with E-state index < -0.39 is 11.4 Å². The first-order valence-corrected chi connectivity index (χ1v) is 6.24. The first-order chi connectivity index (χ1) is 8.09. The zero-order valence-electron chi connectivity index (χ0n) is 12.1. The molecule has 0 spiro atoms. The van der Waals surface area contributed by atoms with Gasteiger partial charge in [0.2, 0.25) is 0 Å². The molecule has 5 heteroatoms. The van der Waals surface area contributed by atoms with Crippen molar-refractivity contribution in [2.45, 2.75) is 65.1 Å². The quantitative estimate of drug-likeness (QED) is 0.722. The van der Waals surface area contributed by atoms with Gasteiger partial charge in [-0.15, -0.1) is 0 Å². The van der Waals surface area contributed by atoms with Gasteiger partial charge in [-0.1, -0.05) is 0 Å². The summed E-state index contributed by atoms with van der Waals surface area (Å²) in [5.41, 5.74) is -0.487. The van der Waals surface area contributed by atoms with Crippen molar-refractivity contribution in [3.8, 4) is 0 Å². The van der Waals surface area contributed by atoms with Crippen molar-refractivity contribution in [2.24, 2.45) is 0 Å². The summed E-state index contributed by atoms with van der Waals surface area (Å²) < 4.78 is 21.7. The maximum Gasteiger partial charge on any atom is 0.332 e. The summed E-state index contributed by atoms with van der Waals surface area (Å²) in [6, 6.07) is 0. The molecule has 0 N–H and O–H groups in total. The summed E-state index contributed by atoms with van der Waals surface area (Å²) in [6.45, 7) is 11.4. The third-order valence-electron chi connectivity index (χ3n) is 2.44. The minimum atomic E-state index is -0.575. The molecule has 1 fully saturated rings. The van der Waals surface area contributed by atoms with Crippen LogP contribution in [0.25, 0.3) is 0 Å². The molecule has 106 valence electrons. The van der Waals surface area contributed by atoms with Crippen LogP contribution in [-0.2, 0) is 23.7 Å². The van der Waals surface area contributed by atoms with Crippen molar-refractivity contribution in [2.75, 3.05) is 13.2 Å². The number of carbonyl (C=O) groups excluding carboxylic acids is 1. The Labute approximate surface area is 109 Å². The van der Waals surface area contributed by atoms with Gasteiger partial charge in [0.25, 0.3) is 0 Å². The maximum atomic E-state index is 11.5. The van der Waals surface area contributed by atoms with E-state index in [0.717, 1.165) is 0 Å². The highest BCUT2D eigenvalue weighted by Crippen LogP contribution is 2.25. The van der Waals surface area contributed by atoms with E-state index in [2.05, 4.69) is 0 Å². The summed E-state index contributed by atoms with van der Waals surface area (Å²) in [7, 11) is 0. The fraction of sp³-hybridized carbons (Fsp3) is 0.923. The van der Waals surface area contributed by atoms with Crippen LogP contribution < -0.4 is 0 Å². The van der Waals surface area contributed by atoms with Crippen LogP contribution in [0.15, 0.2) is 0 Å². The van der Waals surface area contributed by atoms with Crippen LogP contribution in [0.1, 0.15) is 41.5 Å². The number of rotatable bonds is 4. The molecule has 0 aromatic carbocycles. The van der Waals surface area contributed by atoms with Crippen LogP contribution in [0.2, 0.25) is 0 Å². The third-order valence-corrected chi connectivity index (χ3v) is 2.44. The second kappa shape index (κ2) is 5.55. The van der Waals surface area contributed by atoms with Gasteiger partial charge >= 0.3 is 5.97 Å². The van der Waals surface area contributed by atoms with Crippen LogP contribution >= 0.6 is 0 Å². The molecule has 18 heavy (non-hydrogen) atoms. The van der Waals surface area contributed by atoms with Gasteiger partial charge in [0.15, 0.2) is 5.79 Å². The minimum Gasteiger partial charge on any atom is -0.458 e. The smallest absolute Gasteiger partial charge is 0.332 e. The summed E-state index contributed by atoms with van der Waals surface area (Å²) >= 11 is 0. The molecule has 5 nitrogen and oxygen atoms in total. The van der Waals surface area contributed by atoms with Gasteiger partial charge in [-0.2, -0.15) is 0 Å². The van der Waals surface area contributed by atoms with Gasteiger partial charge in [-0.25, -0.2) is 4.79 Å². The Morgan fingerprint density at radius 1 is 1.44 bits per heavy atom. The zero-order chi connectivity index (χ0) is 14.0. The molecular formula is C13H24O5. The van der Waals surface area contributed by atoms with Crippen molar-refractivity contribution in [1.82, 2.24) is 0 Å². The molecule has 0 amide bonds. The first-order valence-electron chi connectivity index (χ1n) is 6.24. The second-order valence-electron chi connectivity index (χ2n) is 5.97. The van der Waals surface area contributed by atoms with Crippen molar-refractivity contribution in [3.63, 3.8) is 0 Å². The van der Waals surface area contributed by atoms with Crippen LogP contribution in [0.5, 0.6) is 0 Å². The van der Waals surface area contributed by atoms with E-state index in [1.165, 1.54) is 0 Å². The minimum absolute atomic E-state index is 0.0707. The van der Waals surface area contributed by atoms with E-state index in [-0.39, 0.29) is 24.8 Å². The van der Waals surface area contributed by atoms with Crippen LogP contribution in [-0.4, -0.2) is 42.8 Å². The average Bonchev–Trinajstić information content (AvgIpc) is 2.52. The predicted octanol–water partition coefficient (Wildman–Crippen LogP) is 1.88. The standard InChI is InChI=1S/C13H24O5/c1-9(10-7-16-13(5,6)17-10)15-8-11(14)18-12(2,3)4/h9-10H,7-8H2,1-6H3/t9-,10-/m1/s1. The fourth-order valence-corrected chi connectivity index (χ4v) is 1.62. The molecule has 2 atom stereocenters. The average molecular weight is 260 g/mol. The van der Waals surface area contributed by atoms with Gasteiger partial charge in [-0.3, -0.25) is 0 Å². The molecule has 0 aromatic heterocycles. The van der Waals surface area contributed by atoms with E-state index in [1.807, 2.05) is 41.5 Å². The van der Waals surface area contributed by atoms with E-state index in [4.69, 9.17) is 18.9 Å². The molecular weight excluding hydrogens is 236 g/mol. The van der Waals surface area contributed by atoms with Crippen LogP contribution in [0, 0.1) is 0 Å². The highest BCUT2D eigenvalue weighted by atomic mass is 16.7. The number of hydrogen-bond acceptors (Lipinski definition) is 5. The Bertz CT molecular complexity index is 292. The Hall–Kier alpha value is -0.650. The number of ether oxygens (including phenoxy) is 4. The van der Waals surface area contributed by atoms with Crippen molar-refractivity contribution >= 4 is 5.97 Å². The SMILES string of the molecule is C[C@@H](OCC(=O)OC(C)(C)C)[C@H]1COC(C)(C)O1. The fourth-order valence-electron chi connectivity index (χ4n) is 1.62. The van der Waals surface area contributed by atoms with Gasteiger partial charge in [0, 0.05) is 0 Å². The number of esters is 1. The van der Waals surface area contributed by atoms with Gasteiger partial charge in [0.1, 0.15) is 18.3 Å². The van der Waals surface area contributed by atoms with Crippen LogP contribution in [0.3, 0.4) is 0 Å². The highest BCUT2D eigenvalue weighted by Gasteiger charge is 2.36. The van der Waals surface area contributed by atoms with Gasteiger partial charge < -0.3 is 18.9 Å². The van der Waals surface area contributed by atoms with E-state index in [1.54, 1.807) is 0 Å².